The summed E-state index contributed by atoms with van der Waals surface area (Å²) in [6.07, 6.45) is -0.926. The number of carbonyl (C=O) groups is 1. The van der Waals surface area contributed by atoms with Crippen molar-refractivity contribution in [3.63, 3.8) is 0 Å². The van der Waals surface area contributed by atoms with Crippen LogP contribution in [0.1, 0.15) is 16.8 Å². The van der Waals surface area contributed by atoms with Crippen LogP contribution in [0.25, 0.3) is 0 Å². The van der Waals surface area contributed by atoms with Gasteiger partial charge < -0.3 is 9.47 Å². The number of carbonyl (C=O) groups excluding carboxylic acids is 1. The topological polar surface area (TPSA) is 35.5 Å². The molecule has 1 saturated heterocycles. The minimum Gasteiger partial charge on any atom is -0.459 e. The van der Waals surface area contributed by atoms with E-state index in [-0.39, 0.29) is 19.3 Å². The molecule has 4 heteroatoms. The molecule has 86 valence electrons. The highest BCUT2D eigenvalue weighted by Crippen LogP contribution is 2.16. The first-order valence-corrected chi connectivity index (χ1v) is 5.23. The van der Waals surface area contributed by atoms with Crippen molar-refractivity contribution in [3.8, 4) is 0 Å². The Balaban J connectivity index is 1.80. The largest absolute Gasteiger partial charge is 0.459 e. The molecule has 3 nitrogen and oxygen atoms in total. The Hall–Kier alpha value is -1.42. The van der Waals surface area contributed by atoms with Gasteiger partial charge in [-0.1, -0.05) is 18.2 Å². The molecule has 1 aliphatic rings. The lowest BCUT2D eigenvalue weighted by atomic mass is 10.2. The predicted octanol–water partition coefficient (Wildman–Crippen LogP) is 1.97. The van der Waals surface area contributed by atoms with Gasteiger partial charge in [0.05, 0.1) is 18.3 Å². The molecule has 0 unspecified atom stereocenters. The Morgan fingerprint density at radius 2 is 2.19 bits per heavy atom. The van der Waals surface area contributed by atoms with E-state index in [0.717, 1.165) is 0 Å². The maximum Gasteiger partial charge on any atom is 0.338 e. The van der Waals surface area contributed by atoms with Crippen LogP contribution < -0.4 is 0 Å². The third-order valence-electron chi connectivity index (χ3n) is 2.44. The Labute approximate surface area is 93.2 Å². The number of hydrogen-bond donors (Lipinski definition) is 0. The molecule has 2 atom stereocenters. The average Bonchev–Trinajstić information content (AvgIpc) is 2.73. The molecule has 0 radical (unpaired) electrons. The van der Waals surface area contributed by atoms with Gasteiger partial charge in [-0.3, -0.25) is 0 Å². The molecule has 0 spiro atoms. The van der Waals surface area contributed by atoms with Crippen molar-refractivity contribution in [2.24, 2.45) is 0 Å². The normalized spacial score (nSPS) is 24.3. The second-order valence-electron chi connectivity index (χ2n) is 3.75. The number of rotatable bonds is 3. The van der Waals surface area contributed by atoms with Gasteiger partial charge in [-0.25, -0.2) is 9.18 Å². The molecule has 0 saturated carbocycles. The van der Waals surface area contributed by atoms with E-state index in [1.54, 1.807) is 24.3 Å². The summed E-state index contributed by atoms with van der Waals surface area (Å²) >= 11 is 0. The summed E-state index contributed by atoms with van der Waals surface area (Å²) in [6, 6.07) is 8.71. The maximum atomic E-state index is 12.8. The van der Waals surface area contributed by atoms with Crippen LogP contribution in [-0.4, -0.2) is 31.5 Å². The molecule has 1 aliphatic heterocycles. The molecule has 0 amide bonds. The first-order valence-electron chi connectivity index (χ1n) is 5.23. The van der Waals surface area contributed by atoms with Crippen molar-refractivity contribution in [3.05, 3.63) is 35.9 Å². The fraction of sp³-hybridized carbons (Fsp3) is 0.417. The Morgan fingerprint density at radius 1 is 1.44 bits per heavy atom. The summed E-state index contributed by atoms with van der Waals surface area (Å²) in [5.74, 6) is -0.397. The van der Waals surface area contributed by atoms with Crippen molar-refractivity contribution in [1.29, 1.82) is 0 Å². The van der Waals surface area contributed by atoms with Gasteiger partial charge in [0.15, 0.2) is 0 Å². The minimum atomic E-state index is -0.930. The summed E-state index contributed by atoms with van der Waals surface area (Å²) < 4.78 is 22.9. The summed E-state index contributed by atoms with van der Waals surface area (Å²) in [5.41, 5.74) is 0.497. The van der Waals surface area contributed by atoms with Crippen molar-refractivity contribution in [2.45, 2.75) is 18.7 Å². The highest BCUT2D eigenvalue weighted by atomic mass is 19.1. The number of hydrogen-bond acceptors (Lipinski definition) is 3. The maximum absolute atomic E-state index is 12.8. The predicted molar refractivity (Wildman–Crippen MR) is 56.0 cm³/mol. The molecule has 0 aliphatic carbocycles. The third-order valence-corrected chi connectivity index (χ3v) is 2.44. The molecule has 0 aromatic heterocycles. The van der Waals surface area contributed by atoms with Crippen LogP contribution >= 0.6 is 0 Å². The first-order chi connectivity index (χ1) is 7.75. The van der Waals surface area contributed by atoms with E-state index in [9.17, 15) is 9.18 Å². The Morgan fingerprint density at radius 3 is 2.81 bits per heavy atom. The Kier molecular flexibility index (Phi) is 3.51. The smallest absolute Gasteiger partial charge is 0.338 e. The number of esters is 1. The van der Waals surface area contributed by atoms with Gasteiger partial charge >= 0.3 is 5.97 Å². The number of halogens is 1. The van der Waals surface area contributed by atoms with Gasteiger partial charge in [0, 0.05) is 6.42 Å². The number of alkyl halides is 1. The molecular weight excluding hydrogens is 211 g/mol. The molecule has 16 heavy (non-hydrogen) atoms. The standard InChI is InChI=1S/C12H13FO3/c13-10-6-11(15-7-10)8-16-12(14)9-4-2-1-3-5-9/h1-5,10-11H,6-8H2/t10-,11-/m0/s1. The van der Waals surface area contributed by atoms with Crippen LogP contribution in [-0.2, 0) is 9.47 Å². The molecule has 1 aromatic rings. The van der Waals surface area contributed by atoms with E-state index in [1.807, 2.05) is 6.07 Å². The molecule has 0 bridgehead atoms. The van der Waals surface area contributed by atoms with Crippen molar-refractivity contribution in [1.82, 2.24) is 0 Å². The molecular formula is C12H13FO3. The van der Waals surface area contributed by atoms with Crippen LogP contribution in [0.3, 0.4) is 0 Å². The second-order valence-corrected chi connectivity index (χ2v) is 3.75. The number of benzene rings is 1. The average molecular weight is 224 g/mol. The Bertz CT molecular complexity index is 353. The van der Waals surface area contributed by atoms with Crippen LogP contribution in [0.5, 0.6) is 0 Å². The van der Waals surface area contributed by atoms with Crippen molar-refractivity contribution in [2.75, 3.05) is 13.2 Å². The SMILES string of the molecule is O=C(OC[C@@H]1C[C@H](F)CO1)c1ccccc1. The minimum absolute atomic E-state index is 0.105. The van der Waals surface area contributed by atoms with Crippen molar-refractivity contribution < 1.29 is 18.7 Å². The zero-order chi connectivity index (χ0) is 11.4. The van der Waals surface area contributed by atoms with Gasteiger partial charge in [0.25, 0.3) is 0 Å². The molecule has 1 aromatic carbocycles. The molecule has 0 N–H and O–H groups in total. The van der Waals surface area contributed by atoms with Gasteiger partial charge in [0.1, 0.15) is 12.8 Å². The highest BCUT2D eigenvalue weighted by Gasteiger charge is 2.26. The van der Waals surface area contributed by atoms with Crippen LogP contribution in [0.4, 0.5) is 4.39 Å². The van der Waals surface area contributed by atoms with E-state index in [0.29, 0.717) is 12.0 Å². The van der Waals surface area contributed by atoms with Crippen molar-refractivity contribution >= 4 is 5.97 Å². The lowest BCUT2D eigenvalue weighted by Crippen LogP contribution is -2.18. The zero-order valence-electron chi connectivity index (χ0n) is 8.77. The van der Waals surface area contributed by atoms with E-state index in [4.69, 9.17) is 9.47 Å². The van der Waals surface area contributed by atoms with E-state index in [1.165, 1.54) is 0 Å². The fourth-order valence-corrected chi connectivity index (χ4v) is 1.60. The fourth-order valence-electron chi connectivity index (χ4n) is 1.60. The second kappa shape index (κ2) is 5.07. The molecule has 1 heterocycles. The van der Waals surface area contributed by atoms with Gasteiger partial charge in [-0.15, -0.1) is 0 Å². The third kappa shape index (κ3) is 2.79. The van der Waals surface area contributed by atoms with Gasteiger partial charge in [0.2, 0.25) is 0 Å². The molecule has 2 rings (SSSR count). The van der Waals surface area contributed by atoms with Crippen LogP contribution in [0.15, 0.2) is 30.3 Å². The van der Waals surface area contributed by atoms with Crippen LogP contribution in [0.2, 0.25) is 0 Å². The summed E-state index contributed by atoms with van der Waals surface area (Å²) in [5, 5.41) is 0. The van der Waals surface area contributed by atoms with Crippen LogP contribution in [0, 0.1) is 0 Å². The van der Waals surface area contributed by atoms with Gasteiger partial charge in [-0.2, -0.15) is 0 Å². The molecule has 1 fully saturated rings. The summed E-state index contributed by atoms with van der Waals surface area (Å²) in [4.78, 5) is 11.5. The van der Waals surface area contributed by atoms with E-state index < -0.39 is 12.1 Å². The highest BCUT2D eigenvalue weighted by molar-refractivity contribution is 5.89. The van der Waals surface area contributed by atoms with Gasteiger partial charge in [-0.05, 0) is 12.1 Å². The lowest BCUT2D eigenvalue weighted by Gasteiger charge is -2.09. The lowest BCUT2D eigenvalue weighted by molar-refractivity contribution is 0.0155. The monoisotopic (exact) mass is 224 g/mol. The summed E-state index contributed by atoms with van der Waals surface area (Å²) in [6.45, 7) is 0.224. The zero-order valence-corrected chi connectivity index (χ0v) is 8.77. The first kappa shape index (κ1) is 11.1. The van der Waals surface area contributed by atoms with E-state index >= 15 is 0 Å². The van der Waals surface area contributed by atoms with E-state index in [2.05, 4.69) is 0 Å². The summed E-state index contributed by atoms with van der Waals surface area (Å²) in [7, 11) is 0. The quantitative estimate of drug-likeness (QED) is 0.736. The number of ether oxygens (including phenoxy) is 2.